The van der Waals surface area contributed by atoms with Gasteiger partial charge in [-0.3, -0.25) is 0 Å². The van der Waals surface area contributed by atoms with Gasteiger partial charge < -0.3 is 95.1 Å². The molecule has 0 rings (SSSR count). The lowest BCUT2D eigenvalue weighted by molar-refractivity contribution is -0.0313. The molecule has 0 saturated carbocycles. The van der Waals surface area contributed by atoms with Crippen LogP contribution in [-0.4, -0.2) is 263 Å². The van der Waals surface area contributed by atoms with Crippen LogP contribution in [0.3, 0.4) is 0 Å². The van der Waals surface area contributed by atoms with Crippen LogP contribution in [0.4, 0.5) is 0 Å². The minimum Gasteiger partial charge on any atom is -0.394 e. The van der Waals surface area contributed by atoms with E-state index < -0.39 is 0 Å². The van der Waals surface area contributed by atoms with Gasteiger partial charge in [-0.1, -0.05) is 96.8 Å². The molecule has 452 valence electrons. The first kappa shape index (κ1) is 74.2. The van der Waals surface area contributed by atoms with Crippen molar-refractivity contribution in [3.05, 3.63) is 0 Å². The van der Waals surface area contributed by atoms with E-state index >= 15 is 0 Å². The summed E-state index contributed by atoms with van der Waals surface area (Å²) in [5, 5.41) is 8.61. The Kier molecular flexibility index (Phi) is 72.4. The number of aliphatic hydroxyl groups is 1. The molecule has 0 aliphatic carbocycles. The van der Waals surface area contributed by atoms with Gasteiger partial charge in [0.1, 0.15) is 0 Å². The van der Waals surface area contributed by atoms with Crippen molar-refractivity contribution in [1.29, 1.82) is 0 Å². The third kappa shape index (κ3) is 73.2. The smallest absolute Gasteiger partial charge is 0.0701 e. The number of rotatable bonds is 72. The standard InChI is InChI=1S/C55H112O20/c1-2-3-4-5-6-7-8-9-10-11-12-13-14-15-16-18-57-20-22-59-24-26-61-28-30-63-32-34-65-36-38-67-40-42-69-44-46-71-48-50-73-52-54-75-55-53-74-51-49-72-47-45-70-43-41-68-39-37-66-35-33-64-31-29-62-27-25-60-23-21-58-19-17-56/h56H,2-55H2,1H3. The molecule has 0 radical (unpaired) electrons. The third-order valence-electron chi connectivity index (χ3n) is 10.8. The number of unbranched alkanes of at least 4 members (excludes halogenated alkanes) is 14. The molecule has 20 nitrogen and oxygen atoms in total. The molecule has 0 unspecified atom stereocenters. The quantitative estimate of drug-likeness (QED) is 0.0679. The summed E-state index contributed by atoms with van der Waals surface area (Å²) in [7, 11) is 0. The second kappa shape index (κ2) is 73.2. The Balaban J connectivity index is 3.07. The Morgan fingerprint density at radius 3 is 0.413 bits per heavy atom. The van der Waals surface area contributed by atoms with Gasteiger partial charge in [0.25, 0.3) is 0 Å². The molecule has 0 heterocycles. The van der Waals surface area contributed by atoms with Crippen LogP contribution in [0.5, 0.6) is 0 Å². The van der Waals surface area contributed by atoms with Crippen LogP contribution in [0.25, 0.3) is 0 Å². The highest BCUT2D eigenvalue weighted by Gasteiger charge is 2.00. The molecule has 0 aromatic rings. The average molecular weight is 1090 g/mol. The first-order valence-corrected chi connectivity index (χ1v) is 29.0. The van der Waals surface area contributed by atoms with Gasteiger partial charge in [-0.25, -0.2) is 0 Å². The molecule has 0 aliphatic heterocycles. The second-order valence-corrected chi connectivity index (χ2v) is 17.3. The molecule has 1 N–H and O–H groups in total. The van der Waals surface area contributed by atoms with Crippen molar-refractivity contribution in [2.24, 2.45) is 0 Å². The normalized spacial score (nSPS) is 11.8. The molecular formula is C55H112O20. The van der Waals surface area contributed by atoms with Gasteiger partial charge in [-0.2, -0.15) is 0 Å². The molecule has 0 fully saturated rings. The van der Waals surface area contributed by atoms with E-state index in [4.69, 9.17) is 95.1 Å². The molecule has 0 aromatic heterocycles. The van der Waals surface area contributed by atoms with Gasteiger partial charge in [0.2, 0.25) is 0 Å². The lowest BCUT2D eigenvalue weighted by atomic mass is 10.0. The lowest BCUT2D eigenvalue weighted by Gasteiger charge is -2.09. The Hall–Kier alpha value is -0.800. The van der Waals surface area contributed by atoms with Crippen LogP contribution >= 0.6 is 0 Å². The van der Waals surface area contributed by atoms with Gasteiger partial charge in [0.15, 0.2) is 0 Å². The topological polar surface area (TPSA) is 196 Å². The number of ether oxygens (including phenoxy) is 19. The lowest BCUT2D eigenvalue weighted by Crippen LogP contribution is -2.16. The molecule has 75 heavy (non-hydrogen) atoms. The van der Waals surface area contributed by atoms with Crippen LogP contribution < -0.4 is 0 Å². The summed E-state index contributed by atoms with van der Waals surface area (Å²) in [6.45, 7) is 21.8. The van der Waals surface area contributed by atoms with Gasteiger partial charge in [-0.15, -0.1) is 0 Å². The van der Waals surface area contributed by atoms with E-state index in [1.165, 1.54) is 89.9 Å². The predicted molar refractivity (Wildman–Crippen MR) is 288 cm³/mol. The number of aliphatic hydroxyl groups excluding tert-OH is 1. The van der Waals surface area contributed by atoms with E-state index in [1.807, 2.05) is 0 Å². The molecule has 0 spiro atoms. The van der Waals surface area contributed by atoms with E-state index in [0.29, 0.717) is 244 Å². The van der Waals surface area contributed by atoms with Crippen LogP contribution in [0.1, 0.15) is 103 Å². The minimum absolute atomic E-state index is 0.0208. The largest absolute Gasteiger partial charge is 0.394 e. The van der Waals surface area contributed by atoms with Gasteiger partial charge >= 0.3 is 0 Å². The molecule has 0 aliphatic rings. The zero-order valence-corrected chi connectivity index (χ0v) is 47.4. The highest BCUT2D eigenvalue weighted by Crippen LogP contribution is 2.13. The molecule has 0 aromatic carbocycles. The number of hydrogen-bond acceptors (Lipinski definition) is 20. The molecule has 0 saturated heterocycles. The summed E-state index contributed by atoms with van der Waals surface area (Å²) < 4.78 is 104. The van der Waals surface area contributed by atoms with Crippen LogP contribution in [0, 0.1) is 0 Å². The SMILES string of the molecule is CCCCCCCCCCCCCCCCCOCCOCCOCCOCCOCCOCCOCCOCCOCCOCCOCCOCCOCCOCCOCCOCCOCCOCCOCCO. The first-order valence-electron chi connectivity index (χ1n) is 29.0. The first-order chi connectivity index (χ1) is 37.4. The molecule has 0 atom stereocenters. The van der Waals surface area contributed by atoms with Crippen molar-refractivity contribution >= 4 is 0 Å². The monoisotopic (exact) mass is 1090 g/mol. The molecule has 20 heteroatoms. The minimum atomic E-state index is 0.0208. The van der Waals surface area contributed by atoms with Crippen molar-refractivity contribution in [3.63, 3.8) is 0 Å². The van der Waals surface area contributed by atoms with Crippen molar-refractivity contribution in [2.45, 2.75) is 103 Å². The number of hydrogen-bond donors (Lipinski definition) is 1. The fourth-order valence-corrected chi connectivity index (χ4v) is 6.70. The van der Waals surface area contributed by atoms with Gasteiger partial charge in [-0.05, 0) is 6.42 Å². The van der Waals surface area contributed by atoms with Gasteiger partial charge in [0, 0.05) is 6.61 Å². The van der Waals surface area contributed by atoms with Crippen molar-refractivity contribution in [1.82, 2.24) is 0 Å². The third-order valence-corrected chi connectivity index (χ3v) is 10.8. The van der Waals surface area contributed by atoms with E-state index in [9.17, 15) is 0 Å². The van der Waals surface area contributed by atoms with E-state index in [1.54, 1.807) is 0 Å². The summed E-state index contributed by atoms with van der Waals surface area (Å²) in [5.74, 6) is 0. The Morgan fingerprint density at radius 2 is 0.267 bits per heavy atom. The van der Waals surface area contributed by atoms with Gasteiger partial charge in [0.05, 0.1) is 251 Å². The van der Waals surface area contributed by atoms with Crippen molar-refractivity contribution in [2.75, 3.05) is 258 Å². The van der Waals surface area contributed by atoms with Crippen LogP contribution in [0.15, 0.2) is 0 Å². The van der Waals surface area contributed by atoms with Crippen molar-refractivity contribution < 1.29 is 95.1 Å². The average Bonchev–Trinajstić information content (AvgIpc) is 3.42. The summed E-state index contributed by atoms with van der Waals surface area (Å²) in [5.41, 5.74) is 0. The Labute approximate surface area is 454 Å². The zero-order valence-electron chi connectivity index (χ0n) is 47.4. The zero-order chi connectivity index (χ0) is 53.6. The van der Waals surface area contributed by atoms with Crippen LogP contribution in [0.2, 0.25) is 0 Å². The van der Waals surface area contributed by atoms with E-state index in [-0.39, 0.29) is 6.61 Å². The summed E-state index contributed by atoms with van der Waals surface area (Å²) in [4.78, 5) is 0. The maximum atomic E-state index is 8.61. The van der Waals surface area contributed by atoms with Crippen LogP contribution in [-0.2, 0) is 90.0 Å². The van der Waals surface area contributed by atoms with Crippen molar-refractivity contribution in [3.8, 4) is 0 Å². The maximum Gasteiger partial charge on any atom is 0.0701 e. The second-order valence-electron chi connectivity index (χ2n) is 17.3. The Morgan fingerprint density at radius 1 is 0.147 bits per heavy atom. The summed E-state index contributed by atoms with van der Waals surface area (Å²) in [6, 6.07) is 0. The molecule has 0 bridgehead atoms. The van der Waals surface area contributed by atoms with E-state index in [0.717, 1.165) is 13.0 Å². The Bertz CT molecular complexity index is 894. The van der Waals surface area contributed by atoms with E-state index in [2.05, 4.69) is 6.92 Å². The summed E-state index contributed by atoms with van der Waals surface area (Å²) in [6.07, 6.45) is 20.6. The highest BCUT2D eigenvalue weighted by molar-refractivity contribution is 4.50. The molecular weight excluding hydrogens is 981 g/mol. The molecule has 0 amide bonds. The highest BCUT2D eigenvalue weighted by atomic mass is 16.6. The maximum absolute atomic E-state index is 8.61. The fraction of sp³-hybridized carbons (Fsp3) is 1.00. The predicted octanol–water partition coefficient (Wildman–Crippen LogP) is 6.17. The fourth-order valence-electron chi connectivity index (χ4n) is 6.70. The summed E-state index contributed by atoms with van der Waals surface area (Å²) >= 11 is 0.